The fraction of sp³-hybridized carbons (Fsp3) is 0.333. The van der Waals surface area contributed by atoms with Gasteiger partial charge in [-0.1, -0.05) is 6.92 Å². The first-order valence-corrected chi connectivity index (χ1v) is 4.70. The molecule has 3 heteroatoms. The second kappa shape index (κ2) is 2.73. The van der Waals surface area contributed by atoms with Crippen molar-refractivity contribution in [3.63, 3.8) is 0 Å². The summed E-state index contributed by atoms with van der Waals surface area (Å²) in [6, 6.07) is 3.09. The molecule has 1 aliphatic heterocycles. The molecule has 64 valence electrons. The largest absolute Gasteiger partial charge is 0.383 e. The zero-order chi connectivity index (χ0) is 8.72. The van der Waals surface area contributed by atoms with Crippen LogP contribution in [0.1, 0.15) is 18.4 Å². The van der Waals surface area contributed by atoms with Gasteiger partial charge < -0.3 is 5.32 Å². The summed E-state index contributed by atoms with van der Waals surface area (Å²) in [6.07, 6.45) is 0. The number of anilines is 1. The lowest BCUT2D eigenvalue weighted by atomic mass is 10.0. The van der Waals surface area contributed by atoms with E-state index in [1.807, 2.05) is 0 Å². The second-order valence-electron chi connectivity index (χ2n) is 3.13. The van der Waals surface area contributed by atoms with Gasteiger partial charge in [-0.25, -0.2) is 4.39 Å². The Morgan fingerprint density at radius 1 is 1.58 bits per heavy atom. The summed E-state index contributed by atoms with van der Waals surface area (Å²) in [5.41, 5.74) is 2.12. The molecule has 0 saturated heterocycles. The minimum atomic E-state index is -0.170. The molecule has 1 aliphatic rings. The van der Waals surface area contributed by atoms with Crippen LogP contribution in [0.15, 0.2) is 16.6 Å². The van der Waals surface area contributed by atoms with Crippen molar-refractivity contribution in [1.29, 1.82) is 0 Å². The Labute approximate surface area is 79.1 Å². The third-order valence-electron chi connectivity index (χ3n) is 2.20. The molecule has 12 heavy (non-hydrogen) atoms. The van der Waals surface area contributed by atoms with E-state index in [0.29, 0.717) is 5.92 Å². The fourth-order valence-electron chi connectivity index (χ4n) is 1.53. The van der Waals surface area contributed by atoms with Gasteiger partial charge in [-0.2, -0.15) is 0 Å². The maximum Gasteiger partial charge on any atom is 0.124 e. The van der Waals surface area contributed by atoms with E-state index in [1.54, 1.807) is 6.07 Å². The SMILES string of the molecule is CC1CNc2c(Br)cc(F)cc21. The molecule has 1 heterocycles. The van der Waals surface area contributed by atoms with Gasteiger partial charge in [0.25, 0.3) is 0 Å². The van der Waals surface area contributed by atoms with E-state index in [9.17, 15) is 4.39 Å². The van der Waals surface area contributed by atoms with E-state index in [4.69, 9.17) is 0 Å². The number of fused-ring (bicyclic) bond motifs is 1. The van der Waals surface area contributed by atoms with Crippen LogP contribution in [0.25, 0.3) is 0 Å². The van der Waals surface area contributed by atoms with Gasteiger partial charge in [0.1, 0.15) is 5.82 Å². The Kier molecular flexibility index (Phi) is 1.83. The van der Waals surface area contributed by atoms with Crippen molar-refractivity contribution < 1.29 is 4.39 Å². The Morgan fingerprint density at radius 3 is 3.08 bits per heavy atom. The lowest BCUT2D eigenvalue weighted by Gasteiger charge is -2.03. The van der Waals surface area contributed by atoms with Gasteiger partial charge in [0.15, 0.2) is 0 Å². The van der Waals surface area contributed by atoms with Crippen molar-refractivity contribution >= 4 is 21.6 Å². The highest BCUT2D eigenvalue weighted by atomic mass is 79.9. The molecule has 1 N–H and O–H groups in total. The Morgan fingerprint density at radius 2 is 2.33 bits per heavy atom. The average molecular weight is 230 g/mol. The van der Waals surface area contributed by atoms with Gasteiger partial charge in [-0.15, -0.1) is 0 Å². The standard InChI is InChI=1S/C9H9BrFN/c1-5-4-12-9-7(5)2-6(11)3-8(9)10/h2-3,5,12H,4H2,1H3. The summed E-state index contributed by atoms with van der Waals surface area (Å²) in [7, 11) is 0. The van der Waals surface area contributed by atoms with Crippen LogP contribution >= 0.6 is 15.9 Å². The van der Waals surface area contributed by atoms with Crippen molar-refractivity contribution in [2.75, 3.05) is 11.9 Å². The summed E-state index contributed by atoms with van der Waals surface area (Å²) in [6.45, 7) is 2.99. The van der Waals surface area contributed by atoms with Gasteiger partial charge in [0.2, 0.25) is 0 Å². The van der Waals surface area contributed by atoms with Gasteiger partial charge in [-0.3, -0.25) is 0 Å². The van der Waals surface area contributed by atoms with Gasteiger partial charge >= 0.3 is 0 Å². The highest BCUT2D eigenvalue weighted by Gasteiger charge is 2.20. The summed E-state index contributed by atoms with van der Waals surface area (Å²) >= 11 is 3.32. The van der Waals surface area contributed by atoms with Crippen molar-refractivity contribution in [3.8, 4) is 0 Å². The van der Waals surface area contributed by atoms with E-state index in [0.717, 1.165) is 22.3 Å². The quantitative estimate of drug-likeness (QED) is 0.721. The average Bonchev–Trinajstić information content (AvgIpc) is 2.33. The lowest BCUT2D eigenvalue weighted by Crippen LogP contribution is -1.96. The van der Waals surface area contributed by atoms with E-state index >= 15 is 0 Å². The zero-order valence-electron chi connectivity index (χ0n) is 6.70. The number of hydrogen-bond donors (Lipinski definition) is 1. The molecular formula is C9H9BrFN. The highest BCUT2D eigenvalue weighted by molar-refractivity contribution is 9.10. The van der Waals surface area contributed by atoms with Crippen LogP contribution in [-0.2, 0) is 0 Å². The minimum absolute atomic E-state index is 0.170. The first-order chi connectivity index (χ1) is 5.68. The maximum absolute atomic E-state index is 12.9. The van der Waals surface area contributed by atoms with Gasteiger partial charge in [-0.05, 0) is 33.6 Å². The molecule has 2 rings (SSSR count). The Hall–Kier alpha value is -0.570. The third-order valence-corrected chi connectivity index (χ3v) is 2.83. The lowest BCUT2D eigenvalue weighted by molar-refractivity contribution is 0.624. The van der Waals surface area contributed by atoms with Crippen molar-refractivity contribution in [1.82, 2.24) is 0 Å². The molecule has 0 aromatic heterocycles. The summed E-state index contributed by atoms with van der Waals surface area (Å²) < 4.78 is 13.8. The van der Waals surface area contributed by atoms with Crippen LogP contribution in [0.4, 0.5) is 10.1 Å². The van der Waals surface area contributed by atoms with E-state index < -0.39 is 0 Å². The number of hydrogen-bond acceptors (Lipinski definition) is 1. The Balaban J connectivity index is 2.60. The van der Waals surface area contributed by atoms with E-state index in [1.165, 1.54) is 6.07 Å². The second-order valence-corrected chi connectivity index (χ2v) is 3.99. The Bertz CT molecular complexity index is 325. The molecule has 1 aromatic carbocycles. The predicted octanol–water partition coefficient (Wildman–Crippen LogP) is 3.12. The zero-order valence-corrected chi connectivity index (χ0v) is 8.28. The normalized spacial score (nSPS) is 20.4. The third kappa shape index (κ3) is 1.12. The van der Waals surface area contributed by atoms with Crippen molar-refractivity contribution in [2.45, 2.75) is 12.8 Å². The van der Waals surface area contributed by atoms with Crippen LogP contribution in [0.3, 0.4) is 0 Å². The molecule has 0 aliphatic carbocycles. The van der Waals surface area contributed by atoms with Crippen molar-refractivity contribution in [2.24, 2.45) is 0 Å². The first-order valence-electron chi connectivity index (χ1n) is 3.91. The van der Waals surface area contributed by atoms with E-state index in [-0.39, 0.29) is 5.82 Å². The van der Waals surface area contributed by atoms with Crippen LogP contribution < -0.4 is 5.32 Å². The fourth-order valence-corrected chi connectivity index (χ4v) is 2.12. The van der Waals surface area contributed by atoms with Crippen LogP contribution in [-0.4, -0.2) is 6.54 Å². The van der Waals surface area contributed by atoms with Crippen LogP contribution in [0, 0.1) is 5.82 Å². The molecule has 0 saturated carbocycles. The molecule has 0 fully saturated rings. The molecule has 0 spiro atoms. The van der Waals surface area contributed by atoms with Crippen LogP contribution in [0.2, 0.25) is 0 Å². The van der Waals surface area contributed by atoms with Gasteiger partial charge in [0, 0.05) is 16.9 Å². The maximum atomic E-state index is 12.9. The molecular weight excluding hydrogens is 221 g/mol. The summed E-state index contributed by atoms with van der Waals surface area (Å²) in [4.78, 5) is 0. The highest BCUT2D eigenvalue weighted by Crippen LogP contribution is 2.37. The molecule has 1 atom stereocenters. The topological polar surface area (TPSA) is 12.0 Å². The number of halogens is 2. The monoisotopic (exact) mass is 229 g/mol. The van der Waals surface area contributed by atoms with Crippen molar-refractivity contribution in [3.05, 3.63) is 28.0 Å². The molecule has 1 aromatic rings. The van der Waals surface area contributed by atoms with Gasteiger partial charge in [0.05, 0.1) is 5.69 Å². The molecule has 0 amide bonds. The summed E-state index contributed by atoms with van der Waals surface area (Å²) in [5, 5.41) is 3.23. The first kappa shape index (κ1) is 8.05. The number of benzene rings is 1. The number of nitrogens with one attached hydrogen (secondary N) is 1. The van der Waals surface area contributed by atoms with Crippen LogP contribution in [0.5, 0.6) is 0 Å². The minimum Gasteiger partial charge on any atom is -0.383 e. The molecule has 0 bridgehead atoms. The molecule has 1 nitrogen and oxygen atoms in total. The predicted molar refractivity (Wildman–Crippen MR) is 51.0 cm³/mol. The molecule has 0 radical (unpaired) electrons. The van der Waals surface area contributed by atoms with E-state index in [2.05, 4.69) is 28.2 Å². The number of rotatable bonds is 0. The smallest absolute Gasteiger partial charge is 0.124 e. The molecule has 1 unspecified atom stereocenters. The summed E-state index contributed by atoms with van der Waals surface area (Å²) in [5.74, 6) is 0.239.